The number of carbonyl (C=O) groups excluding carboxylic acids is 1. The number of halogens is 2. The number of carbonyl (C=O) groups is 1. The molecule has 0 spiro atoms. The van der Waals surface area contributed by atoms with E-state index in [2.05, 4.69) is 20.2 Å². The molecule has 1 aliphatic rings. The summed E-state index contributed by atoms with van der Waals surface area (Å²) >= 11 is 0. The molecule has 2 aromatic rings. The Balaban J connectivity index is 0.00000280. The van der Waals surface area contributed by atoms with Gasteiger partial charge in [0.25, 0.3) is 0 Å². The fourth-order valence-corrected chi connectivity index (χ4v) is 3.59. The average molecular weight is 502 g/mol. The van der Waals surface area contributed by atoms with Crippen LogP contribution in [0.2, 0.25) is 0 Å². The van der Waals surface area contributed by atoms with Gasteiger partial charge in [0.2, 0.25) is 0 Å². The third-order valence-electron chi connectivity index (χ3n) is 5.03. The van der Waals surface area contributed by atoms with Gasteiger partial charge in [0, 0.05) is 43.8 Å². The third kappa shape index (κ3) is 5.36. The number of nitrogens with zero attached hydrogens (tertiary/aromatic N) is 2. The number of aromatic nitrogens is 1. The van der Waals surface area contributed by atoms with Crippen LogP contribution in [0.5, 0.6) is 0 Å². The van der Waals surface area contributed by atoms with Gasteiger partial charge in [-0.1, -0.05) is 0 Å². The SMILES string of the molecule is CCOC(=O)C1CCN(C(=NC)NCCc2c[nH]c3cc(F)ccc23)CC1.I. The molecule has 3 rings (SSSR count). The molecular weight excluding hydrogens is 474 g/mol. The molecular formula is C20H28FIN4O2. The molecule has 6 nitrogen and oxygen atoms in total. The first-order valence-electron chi connectivity index (χ1n) is 9.50. The minimum absolute atomic E-state index is 0. The summed E-state index contributed by atoms with van der Waals surface area (Å²) in [6.45, 7) is 4.57. The molecule has 0 unspecified atom stereocenters. The summed E-state index contributed by atoms with van der Waals surface area (Å²) in [5, 5.41) is 4.44. The van der Waals surface area contributed by atoms with Gasteiger partial charge in [-0.15, -0.1) is 24.0 Å². The summed E-state index contributed by atoms with van der Waals surface area (Å²) in [6.07, 6.45) is 4.31. The number of H-pyrrole nitrogens is 1. The largest absolute Gasteiger partial charge is 0.466 e. The Hall–Kier alpha value is -1.84. The first-order valence-corrected chi connectivity index (χ1v) is 9.50. The van der Waals surface area contributed by atoms with Crippen molar-refractivity contribution in [3.8, 4) is 0 Å². The van der Waals surface area contributed by atoms with Crippen LogP contribution in [0.1, 0.15) is 25.3 Å². The van der Waals surface area contributed by atoms with Gasteiger partial charge in [0.1, 0.15) is 5.82 Å². The van der Waals surface area contributed by atoms with Gasteiger partial charge in [-0.05, 0) is 49.9 Å². The van der Waals surface area contributed by atoms with Crippen molar-refractivity contribution < 1.29 is 13.9 Å². The zero-order valence-electron chi connectivity index (χ0n) is 16.3. The average Bonchev–Trinajstić information content (AvgIpc) is 3.07. The topological polar surface area (TPSA) is 69.7 Å². The van der Waals surface area contributed by atoms with E-state index < -0.39 is 0 Å². The van der Waals surface area contributed by atoms with Crippen LogP contribution in [0.3, 0.4) is 0 Å². The molecule has 0 atom stereocenters. The molecule has 0 aliphatic carbocycles. The summed E-state index contributed by atoms with van der Waals surface area (Å²) < 4.78 is 18.4. The highest BCUT2D eigenvalue weighted by atomic mass is 127. The molecule has 28 heavy (non-hydrogen) atoms. The molecule has 1 saturated heterocycles. The van der Waals surface area contributed by atoms with E-state index in [-0.39, 0.29) is 41.7 Å². The summed E-state index contributed by atoms with van der Waals surface area (Å²) in [7, 11) is 1.77. The maximum atomic E-state index is 13.3. The van der Waals surface area contributed by atoms with Crippen molar-refractivity contribution in [2.75, 3.05) is 33.3 Å². The normalized spacial score (nSPS) is 15.4. The lowest BCUT2D eigenvalue weighted by Crippen LogP contribution is -2.47. The van der Waals surface area contributed by atoms with Gasteiger partial charge in [-0.3, -0.25) is 9.79 Å². The van der Waals surface area contributed by atoms with Crippen LogP contribution in [0.4, 0.5) is 4.39 Å². The lowest BCUT2D eigenvalue weighted by Gasteiger charge is -2.33. The smallest absolute Gasteiger partial charge is 0.309 e. The number of likely N-dealkylation sites (tertiary alicyclic amines) is 1. The Morgan fingerprint density at radius 3 is 2.82 bits per heavy atom. The molecule has 8 heteroatoms. The van der Waals surface area contributed by atoms with E-state index in [9.17, 15) is 9.18 Å². The number of rotatable bonds is 5. The van der Waals surface area contributed by atoms with Crippen LogP contribution in [-0.4, -0.2) is 55.1 Å². The van der Waals surface area contributed by atoms with E-state index in [1.807, 2.05) is 19.2 Å². The summed E-state index contributed by atoms with van der Waals surface area (Å²) in [6, 6.07) is 4.81. The maximum Gasteiger partial charge on any atom is 0.309 e. The lowest BCUT2D eigenvalue weighted by molar-refractivity contribution is -0.149. The van der Waals surface area contributed by atoms with Crippen LogP contribution in [0.25, 0.3) is 10.9 Å². The van der Waals surface area contributed by atoms with Crippen molar-refractivity contribution >= 4 is 46.8 Å². The Kier molecular flexibility index (Phi) is 8.53. The fraction of sp³-hybridized carbons (Fsp3) is 0.500. The Morgan fingerprint density at radius 1 is 1.39 bits per heavy atom. The van der Waals surface area contributed by atoms with E-state index in [1.54, 1.807) is 7.05 Å². The van der Waals surface area contributed by atoms with Crippen molar-refractivity contribution in [3.63, 3.8) is 0 Å². The summed E-state index contributed by atoms with van der Waals surface area (Å²) in [5.41, 5.74) is 1.96. The molecule has 1 aromatic carbocycles. The Labute approximate surface area is 181 Å². The number of esters is 1. The second-order valence-corrected chi connectivity index (χ2v) is 6.74. The first kappa shape index (κ1) is 22.4. The molecule has 0 bridgehead atoms. The molecule has 2 N–H and O–H groups in total. The summed E-state index contributed by atoms with van der Waals surface area (Å²) in [4.78, 5) is 21.5. The van der Waals surface area contributed by atoms with Crippen molar-refractivity contribution in [3.05, 3.63) is 35.8 Å². The van der Waals surface area contributed by atoms with E-state index in [1.165, 1.54) is 12.1 Å². The van der Waals surface area contributed by atoms with Crippen molar-refractivity contribution in [1.82, 2.24) is 15.2 Å². The molecule has 2 heterocycles. The highest BCUT2D eigenvalue weighted by Gasteiger charge is 2.27. The zero-order chi connectivity index (χ0) is 19.2. The van der Waals surface area contributed by atoms with Crippen molar-refractivity contribution in [1.29, 1.82) is 0 Å². The van der Waals surface area contributed by atoms with Crippen LogP contribution in [0.15, 0.2) is 29.4 Å². The van der Waals surface area contributed by atoms with Gasteiger partial charge >= 0.3 is 5.97 Å². The monoisotopic (exact) mass is 502 g/mol. The Morgan fingerprint density at radius 2 is 2.14 bits per heavy atom. The maximum absolute atomic E-state index is 13.3. The number of benzene rings is 1. The minimum Gasteiger partial charge on any atom is -0.466 e. The molecule has 1 aliphatic heterocycles. The first-order chi connectivity index (χ1) is 13.1. The Bertz CT molecular complexity index is 816. The van der Waals surface area contributed by atoms with E-state index in [0.29, 0.717) is 6.61 Å². The molecule has 0 amide bonds. The van der Waals surface area contributed by atoms with Crippen molar-refractivity contribution in [2.45, 2.75) is 26.2 Å². The van der Waals surface area contributed by atoms with Gasteiger partial charge in [-0.25, -0.2) is 4.39 Å². The van der Waals surface area contributed by atoms with Crippen LogP contribution in [-0.2, 0) is 16.0 Å². The molecule has 154 valence electrons. The number of guanidine groups is 1. The second kappa shape index (κ2) is 10.6. The number of aliphatic imine (C=N–C) groups is 1. The quantitative estimate of drug-likeness (QED) is 0.285. The minimum atomic E-state index is -0.236. The van der Waals surface area contributed by atoms with Crippen molar-refractivity contribution in [2.24, 2.45) is 10.9 Å². The second-order valence-electron chi connectivity index (χ2n) is 6.74. The predicted octanol–water partition coefficient (Wildman–Crippen LogP) is 3.32. The molecule has 1 aromatic heterocycles. The number of aromatic amines is 1. The molecule has 0 radical (unpaired) electrons. The van der Waals surface area contributed by atoms with Crippen LogP contribution < -0.4 is 5.32 Å². The fourth-order valence-electron chi connectivity index (χ4n) is 3.59. The highest BCUT2D eigenvalue weighted by Crippen LogP contribution is 2.20. The predicted molar refractivity (Wildman–Crippen MR) is 120 cm³/mol. The standard InChI is InChI=1S/C20H27FN4O2.HI/c1-3-27-19(26)14-7-10-25(11-8-14)20(22-2)23-9-6-15-13-24-18-12-16(21)4-5-17(15)18;/h4-5,12-14,24H,3,6-11H2,1-2H3,(H,22,23);1H. The molecule has 1 fully saturated rings. The number of hydrogen-bond donors (Lipinski definition) is 2. The van der Waals surface area contributed by atoms with Gasteiger partial charge < -0.3 is 19.9 Å². The van der Waals surface area contributed by atoms with E-state index in [4.69, 9.17) is 4.74 Å². The number of nitrogens with one attached hydrogen (secondary N) is 2. The van der Waals surface area contributed by atoms with E-state index >= 15 is 0 Å². The number of ether oxygens (including phenoxy) is 1. The van der Waals surface area contributed by atoms with Gasteiger partial charge in [0.15, 0.2) is 5.96 Å². The lowest BCUT2D eigenvalue weighted by atomic mass is 9.97. The number of piperidine rings is 1. The molecule has 0 saturated carbocycles. The van der Waals surface area contributed by atoms with Gasteiger partial charge in [-0.2, -0.15) is 0 Å². The van der Waals surface area contributed by atoms with E-state index in [0.717, 1.165) is 61.3 Å². The zero-order valence-corrected chi connectivity index (χ0v) is 18.7. The summed E-state index contributed by atoms with van der Waals surface area (Å²) in [5.74, 6) is 0.519. The number of fused-ring (bicyclic) bond motifs is 1. The highest BCUT2D eigenvalue weighted by molar-refractivity contribution is 14.0. The van der Waals surface area contributed by atoms with Gasteiger partial charge in [0.05, 0.1) is 12.5 Å². The number of hydrogen-bond acceptors (Lipinski definition) is 3. The van der Waals surface area contributed by atoms with Crippen LogP contribution >= 0.6 is 24.0 Å². The third-order valence-corrected chi connectivity index (χ3v) is 5.03. The van der Waals surface area contributed by atoms with Crippen LogP contribution in [0, 0.1) is 11.7 Å².